The van der Waals surface area contributed by atoms with Crippen LogP contribution in [-0.4, -0.2) is 28.5 Å². The molecule has 0 saturated carbocycles. The first-order chi connectivity index (χ1) is 6.70. The van der Waals surface area contributed by atoms with E-state index in [1.165, 1.54) is 6.20 Å². The van der Waals surface area contributed by atoms with Crippen LogP contribution in [0.1, 0.15) is 16.8 Å². The zero-order chi connectivity index (χ0) is 10.4. The highest BCUT2D eigenvalue weighted by Crippen LogP contribution is 1.99. The number of aromatic nitrogens is 1. The fourth-order valence-corrected chi connectivity index (χ4v) is 0.955. The number of nitrogens with one attached hydrogen (secondary N) is 1. The average Bonchev–Trinajstić information content (AvgIpc) is 2.18. The van der Waals surface area contributed by atoms with Crippen LogP contribution in [0.5, 0.6) is 0 Å². The van der Waals surface area contributed by atoms with Crippen LogP contribution in [0.3, 0.4) is 0 Å². The fourth-order valence-electron chi connectivity index (χ4n) is 0.955. The number of ketones is 1. The predicted molar refractivity (Wildman–Crippen MR) is 49.2 cm³/mol. The molecular formula is C9H10N2O3. The van der Waals surface area contributed by atoms with Gasteiger partial charge >= 0.3 is 6.09 Å². The van der Waals surface area contributed by atoms with Gasteiger partial charge in [-0.15, -0.1) is 0 Å². The quantitative estimate of drug-likeness (QED) is 0.698. The van der Waals surface area contributed by atoms with E-state index in [0.29, 0.717) is 5.56 Å². The molecule has 0 aromatic carbocycles. The van der Waals surface area contributed by atoms with Crippen molar-refractivity contribution in [3.63, 3.8) is 0 Å². The number of carbonyl (C=O) groups excluding carboxylic acids is 1. The zero-order valence-corrected chi connectivity index (χ0v) is 7.43. The van der Waals surface area contributed by atoms with Gasteiger partial charge in [0, 0.05) is 30.9 Å². The molecule has 1 amide bonds. The van der Waals surface area contributed by atoms with E-state index >= 15 is 0 Å². The first kappa shape index (κ1) is 10.2. The molecule has 1 rings (SSSR count). The van der Waals surface area contributed by atoms with E-state index in [2.05, 4.69) is 10.3 Å². The summed E-state index contributed by atoms with van der Waals surface area (Å²) in [7, 11) is 0. The Balaban J connectivity index is 2.40. The third-order valence-electron chi connectivity index (χ3n) is 1.61. The Hall–Kier alpha value is -1.91. The molecule has 0 aliphatic heterocycles. The van der Waals surface area contributed by atoms with E-state index in [4.69, 9.17) is 5.11 Å². The van der Waals surface area contributed by atoms with Crippen molar-refractivity contribution in [2.75, 3.05) is 6.54 Å². The normalized spacial score (nSPS) is 9.43. The maximum Gasteiger partial charge on any atom is 0.404 e. The minimum atomic E-state index is -1.12. The summed E-state index contributed by atoms with van der Waals surface area (Å²) in [6.45, 7) is 0.128. The molecule has 0 bridgehead atoms. The van der Waals surface area contributed by atoms with Gasteiger partial charge in [-0.2, -0.15) is 0 Å². The van der Waals surface area contributed by atoms with Crippen LogP contribution in [0.2, 0.25) is 0 Å². The molecule has 0 saturated heterocycles. The maximum absolute atomic E-state index is 11.4. The average molecular weight is 194 g/mol. The second-order valence-corrected chi connectivity index (χ2v) is 2.65. The van der Waals surface area contributed by atoms with E-state index in [1.807, 2.05) is 0 Å². The molecule has 0 aliphatic carbocycles. The van der Waals surface area contributed by atoms with Crippen molar-refractivity contribution in [2.45, 2.75) is 6.42 Å². The standard InChI is InChI=1S/C9H10N2O3/c12-8(3-5-11-9(13)14)7-2-1-4-10-6-7/h1-2,4,6,11H,3,5H2,(H,13,14). The highest BCUT2D eigenvalue weighted by molar-refractivity contribution is 5.95. The molecule has 1 aromatic rings. The summed E-state index contributed by atoms with van der Waals surface area (Å²) in [5.74, 6) is -0.119. The second kappa shape index (κ2) is 4.96. The van der Waals surface area contributed by atoms with E-state index in [0.717, 1.165) is 0 Å². The Morgan fingerprint density at radius 2 is 2.29 bits per heavy atom. The molecule has 0 unspecified atom stereocenters. The van der Waals surface area contributed by atoms with Gasteiger partial charge in [-0.1, -0.05) is 0 Å². The second-order valence-electron chi connectivity index (χ2n) is 2.65. The Kier molecular flexibility index (Phi) is 3.60. The molecule has 0 fully saturated rings. The lowest BCUT2D eigenvalue weighted by Gasteiger charge is -2.00. The van der Waals surface area contributed by atoms with Crippen molar-refractivity contribution in [3.05, 3.63) is 30.1 Å². The van der Waals surface area contributed by atoms with Gasteiger partial charge in [0.15, 0.2) is 5.78 Å². The Bertz CT molecular complexity index is 324. The van der Waals surface area contributed by atoms with E-state index in [9.17, 15) is 9.59 Å². The van der Waals surface area contributed by atoms with Crippen LogP contribution in [0.15, 0.2) is 24.5 Å². The molecule has 5 nitrogen and oxygen atoms in total. The van der Waals surface area contributed by atoms with Gasteiger partial charge in [0.2, 0.25) is 0 Å². The minimum absolute atomic E-state index is 0.119. The number of rotatable bonds is 4. The van der Waals surface area contributed by atoms with Crippen molar-refractivity contribution in [1.82, 2.24) is 10.3 Å². The van der Waals surface area contributed by atoms with Crippen LogP contribution in [0, 0.1) is 0 Å². The van der Waals surface area contributed by atoms with E-state index in [-0.39, 0.29) is 18.7 Å². The minimum Gasteiger partial charge on any atom is -0.465 e. The fraction of sp³-hybridized carbons (Fsp3) is 0.222. The molecule has 1 aromatic heterocycles. The van der Waals surface area contributed by atoms with Gasteiger partial charge < -0.3 is 10.4 Å². The summed E-state index contributed by atoms with van der Waals surface area (Å²) in [4.78, 5) is 25.2. The number of pyridine rings is 1. The van der Waals surface area contributed by atoms with Crippen molar-refractivity contribution in [3.8, 4) is 0 Å². The molecule has 14 heavy (non-hydrogen) atoms. The molecule has 0 atom stereocenters. The lowest BCUT2D eigenvalue weighted by Crippen LogP contribution is -2.23. The summed E-state index contributed by atoms with van der Waals surface area (Å²) in [5, 5.41) is 10.4. The van der Waals surface area contributed by atoms with Crippen molar-refractivity contribution in [2.24, 2.45) is 0 Å². The largest absolute Gasteiger partial charge is 0.465 e. The van der Waals surface area contributed by atoms with Crippen LogP contribution in [0.25, 0.3) is 0 Å². The summed E-state index contributed by atoms with van der Waals surface area (Å²) in [6.07, 6.45) is 2.07. The van der Waals surface area contributed by atoms with Crippen LogP contribution >= 0.6 is 0 Å². The highest BCUT2D eigenvalue weighted by atomic mass is 16.4. The van der Waals surface area contributed by atoms with Crippen molar-refractivity contribution in [1.29, 1.82) is 0 Å². The SMILES string of the molecule is O=C(O)NCCC(=O)c1cccnc1. The zero-order valence-electron chi connectivity index (χ0n) is 7.43. The number of nitrogens with zero attached hydrogens (tertiary/aromatic N) is 1. The first-order valence-corrected chi connectivity index (χ1v) is 4.10. The molecule has 1 heterocycles. The maximum atomic E-state index is 11.4. The van der Waals surface area contributed by atoms with E-state index < -0.39 is 6.09 Å². The number of amides is 1. The van der Waals surface area contributed by atoms with Crippen LogP contribution in [0.4, 0.5) is 4.79 Å². The number of hydrogen-bond donors (Lipinski definition) is 2. The third-order valence-corrected chi connectivity index (χ3v) is 1.61. The highest BCUT2D eigenvalue weighted by Gasteiger charge is 2.05. The molecule has 0 spiro atoms. The molecule has 5 heteroatoms. The summed E-state index contributed by atoms with van der Waals surface area (Å²) in [6, 6.07) is 3.31. The van der Waals surface area contributed by atoms with Gasteiger partial charge in [0.1, 0.15) is 0 Å². The van der Waals surface area contributed by atoms with Crippen molar-refractivity contribution >= 4 is 11.9 Å². The first-order valence-electron chi connectivity index (χ1n) is 4.10. The summed E-state index contributed by atoms with van der Waals surface area (Å²) < 4.78 is 0. The Morgan fingerprint density at radius 3 is 2.86 bits per heavy atom. The van der Waals surface area contributed by atoms with Gasteiger partial charge in [-0.3, -0.25) is 9.78 Å². The predicted octanol–water partition coefficient (Wildman–Crippen LogP) is 0.922. The molecule has 0 radical (unpaired) electrons. The molecule has 0 aliphatic rings. The lowest BCUT2D eigenvalue weighted by molar-refractivity contribution is 0.0982. The smallest absolute Gasteiger partial charge is 0.404 e. The topological polar surface area (TPSA) is 79.3 Å². The number of carbonyl (C=O) groups is 2. The monoisotopic (exact) mass is 194 g/mol. The number of hydrogen-bond acceptors (Lipinski definition) is 3. The molecule has 2 N–H and O–H groups in total. The van der Waals surface area contributed by atoms with E-state index in [1.54, 1.807) is 18.3 Å². The molecule has 74 valence electrons. The summed E-state index contributed by atoms with van der Waals surface area (Å²) >= 11 is 0. The van der Waals surface area contributed by atoms with Crippen LogP contribution in [-0.2, 0) is 0 Å². The summed E-state index contributed by atoms with van der Waals surface area (Å²) in [5.41, 5.74) is 0.500. The lowest BCUT2D eigenvalue weighted by atomic mass is 10.1. The number of carboxylic acid groups (broad SMARTS) is 1. The van der Waals surface area contributed by atoms with Crippen molar-refractivity contribution < 1.29 is 14.7 Å². The van der Waals surface area contributed by atoms with Crippen LogP contribution < -0.4 is 5.32 Å². The Morgan fingerprint density at radius 1 is 1.50 bits per heavy atom. The number of Topliss-reactive ketones (excluding diaryl/α,β-unsaturated/α-hetero) is 1. The van der Waals surface area contributed by atoms with Gasteiger partial charge in [-0.25, -0.2) is 4.79 Å². The van der Waals surface area contributed by atoms with Gasteiger partial charge in [0.25, 0.3) is 0 Å². The van der Waals surface area contributed by atoms with Gasteiger partial charge in [0.05, 0.1) is 0 Å². The molecular weight excluding hydrogens is 184 g/mol. The third kappa shape index (κ3) is 3.22. The van der Waals surface area contributed by atoms with Gasteiger partial charge in [-0.05, 0) is 12.1 Å². The Labute approximate surface area is 80.8 Å².